The quantitative estimate of drug-likeness (QED) is 0.0989. The number of benzene rings is 1. The molecule has 0 aromatic heterocycles. The number of rotatable bonds is 17. The molecular formula is C26H38N5O9. The Morgan fingerprint density at radius 1 is 0.875 bits per heavy atom. The number of nitrogens with one attached hydrogen (secondary N) is 4. The Morgan fingerprint density at radius 3 is 1.95 bits per heavy atom. The van der Waals surface area contributed by atoms with Gasteiger partial charge in [-0.1, -0.05) is 44.2 Å². The van der Waals surface area contributed by atoms with Gasteiger partial charge in [-0.15, -0.1) is 0 Å². The number of nitrogens with two attached hydrogens (primary N) is 1. The van der Waals surface area contributed by atoms with Gasteiger partial charge in [-0.3, -0.25) is 28.8 Å². The highest BCUT2D eigenvalue weighted by molar-refractivity contribution is 5.96. The fourth-order valence-corrected chi connectivity index (χ4v) is 3.62. The average molecular weight is 565 g/mol. The minimum Gasteiger partial charge on any atom is -0.481 e. The van der Waals surface area contributed by atoms with Crippen LogP contribution in [0.3, 0.4) is 0 Å². The molecule has 0 spiro atoms. The lowest BCUT2D eigenvalue weighted by Gasteiger charge is -2.26. The van der Waals surface area contributed by atoms with Gasteiger partial charge in [0.05, 0.1) is 31.2 Å². The van der Waals surface area contributed by atoms with Crippen molar-refractivity contribution in [2.45, 2.75) is 76.3 Å². The van der Waals surface area contributed by atoms with E-state index in [0.29, 0.717) is 0 Å². The molecule has 0 aliphatic rings. The predicted molar refractivity (Wildman–Crippen MR) is 142 cm³/mol. The van der Waals surface area contributed by atoms with Crippen LogP contribution in [-0.2, 0) is 35.2 Å². The predicted octanol–water partition coefficient (Wildman–Crippen LogP) is -2.50. The van der Waals surface area contributed by atoms with Crippen molar-refractivity contribution in [1.29, 1.82) is 0 Å². The third kappa shape index (κ3) is 11.9. The lowest BCUT2D eigenvalue weighted by molar-refractivity contribution is -0.141. The summed E-state index contributed by atoms with van der Waals surface area (Å²) in [5.41, 5.74) is 6.69. The number of hydrogen-bond donors (Lipinski definition) is 8. The van der Waals surface area contributed by atoms with Gasteiger partial charge < -0.3 is 42.3 Å². The van der Waals surface area contributed by atoms with Crippen LogP contribution in [0.1, 0.15) is 39.2 Å². The third-order valence-electron chi connectivity index (χ3n) is 5.69. The maximum absolute atomic E-state index is 12.8. The minimum atomic E-state index is -1.68. The van der Waals surface area contributed by atoms with Gasteiger partial charge in [0.1, 0.15) is 18.1 Å². The van der Waals surface area contributed by atoms with Crippen molar-refractivity contribution in [3.8, 4) is 0 Å². The number of hydrogen-bond acceptors (Lipinski definition) is 9. The molecule has 0 aliphatic carbocycles. The molecule has 221 valence electrons. The molecule has 14 nitrogen and oxygen atoms in total. The van der Waals surface area contributed by atoms with Gasteiger partial charge >= 0.3 is 5.97 Å². The maximum atomic E-state index is 12.8. The topological polar surface area (TPSA) is 237 Å². The second-order valence-electron chi connectivity index (χ2n) is 9.73. The van der Waals surface area contributed by atoms with E-state index in [-0.39, 0.29) is 18.8 Å². The normalized spacial score (nSPS) is 15.5. The van der Waals surface area contributed by atoms with Gasteiger partial charge in [0.25, 0.3) is 0 Å². The zero-order chi connectivity index (χ0) is 30.4. The van der Waals surface area contributed by atoms with E-state index >= 15 is 0 Å². The zero-order valence-electron chi connectivity index (χ0n) is 22.6. The summed E-state index contributed by atoms with van der Waals surface area (Å²) in [5.74, 6) is -5.33. The molecule has 0 saturated carbocycles. The Kier molecular flexibility index (Phi) is 14.5. The van der Waals surface area contributed by atoms with Crippen LogP contribution in [0.25, 0.3) is 0 Å². The van der Waals surface area contributed by atoms with Gasteiger partial charge in [-0.25, -0.2) is 0 Å². The summed E-state index contributed by atoms with van der Waals surface area (Å²) in [6.07, 6.45) is -0.281. The number of carbonyl (C=O) groups is 5. The highest BCUT2D eigenvalue weighted by Crippen LogP contribution is 2.06. The smallest absolute Gasteiger partial charge is 0.305 e. The molecule has 1 aromatic carbocycles. The first kappa shape index (κ1) is 34.1. The van der Waals surface area contributed by atoms with E-state index in [4.69, 9.17) is 5.73 Å². The molecule has 40 heavy (non-hydrogen) atoms. The number of aliphatic hydroxyl groups is 2. The van der Waals surface area contributed by atoms with E-state index in [1.54, 1.807) is 50.5 Å². The van der Waals surface area contributed by atoms with Crippen LogP contribution >= 0.6 is 0 Å². The van der Waals surface area contributed by atoms with Crippen LogP contribution in [0.5, 0.6) is 0 Å². The fourth-order valence-electron chi connectivity index (χ4n) is 3.62. The molecule has 6 atom stereocenters. The molecular weight excluding hydrogens is 526 g/mol. The fraction of sp³-hybridized carbons (Fsp3) is 0.538. The molecule has 0 heterocycles. The van der Waals surface area contributed by atoms with Crippen molar-refractivity contribution < 1.29 is 44.1 Å². The summed E-state index contributed by atoms with van der Waals surface area (Å²) in [6.45, 7) is 3.83. The summed E-state index contributed by atoms with van der Waals surface area (Å²) >= 11 is 0. The van der Waals surface area contributed by atoms with Crippen LogP contribution in [0.2, 0.25) is 0 Å². The first-order chi connectivity index (χ1) is 18.8. The molecule has 1 radical (unpaired) electrons. The van der Waals surface area contributed by atoms with Gasteiger partial charge in [-0.05, 0) is 31.2 Å². The van der Waals surface area contributed by atoms with Crippen LogP contribution in [0.15, 0.2) is 30.3 Å². The van der Waals surface area contributed by atoms with Gasteiger partial charge in [0.15, 0.2) is 0 Å². The van der Waals surface area contributed by atoms with Crippen molar-refractivity contribution >= 4 is 35.9 Å². The zero-order valence-corrected chi connectivity index (χ0v) is 22.6. The molecule has 1 aromatic rings. The van der Waals surface area contributed by atoms with Crippen LogP contribution in [0.4, 0.5) is 0 Å². The van der Waals surface area contributed by atoms with Crippen LogP contribution in [-0.4, -0.2) is 94.1 Å². The minimum absolute atomic E-state index is 0.00323. The number of aliphatic carboxylic acids is 1. The highest BCUT2D eigenvalue weighted by Gasteiger charge is 2.33. The number of carboxylic acids is 1. The molecule has 4 amide bonds. The van der Waals surface area contributed by atoms with Crippen molar-refractivity contribution in [2.75, 3.05) is 6.61 Å². The van der Waals surface area contributed by atoms with E-state index in [2.05, 4.69) is 21.3 Å². The Hall–Kier alpha value is -3.88. The molecule has 14 heteroatoms. The van der Waals surface area contributed by atoms with Crippen molar-refractivity contribution in [1.82, 2.24) is 21.3 Å². The molecule has 0 aliphatic heterocycles. The summed E-state index contributed by atoms with van der Waals surface area (Å²) in [6, 6.07) is 1.84. The summed E-state index contributed by atoms with van der Waals surface area (Å²) in [7, 11) is 0. The molecule has 0 fully saturated rings. The lowest BCUT2D eigenvalue weighted by Crippen LogP contribution is -2.61. The van der Waals surface area contributed by atoms with Crippen LogP contribution in [0, 0.1) is 5.92 Å². The SMILES string of the molecule is CC(C)C[C@@H]([C]=O)NC(=O)[C@H](CC(=O)O)NC(=O)[C@H](CO)NC(=O)[C@@H](NC(=O)[C@@H](N)Cc1ccccc1)[C@@H](C)O. The molecule has 9 N–H and O–H groups in total. The van der Waals surface area contributed by atoms with E-state index in [1.807, 2.05) is 0 Å². The van der Waals surface area contributed by atoms with Gasteiger partial charge in [0, 0.05) is 0 Å². The largest absolute Gasteiger partial charge is 0.481 e. The van der Waals surface area contributed by atoms with Crippen LogP contribution < -0.4 is 27.0 Å². The molecule has 0 unspecified atom stereocenters. The average Bonchev–Trinajstić information content (AvgIpc) is 2.88. The second-order valence-corrected chi connectivity index (χ2v) is 9.73. The van der Waals surface area contributed by atoms with E-state index in [9.17, 15) is 44.1 Å². The standard InChI is InChI=1S/C26H38N5O9/c1-14(2)9-17(12-32)28-24(38)19(11-21(35)36)29-25(39)20(13-33)30-26(40)22(15(3)34)31-23(37)18(27)10-16-7-5-4-6-8-16/h4-8,14-15,17-20,22,33-34H,9-11,13,27H2,1-3H3,(H,28,38)(H,29,39)(H,30,40)(H,31,37)(H,35,36)/t15-,17+,18+,19+,20+,22+/m1/s1. The number of carbonyl (C=O) groups excluding carboxylic acids is 5. The molecule has 0 bridgehead atoms. The van der Waals surface area contributed by atoms with Crippen molar-refractivity contribution in [3.05, 3.63) is 35.9 Å². The maximum Gasteiger partial charge on any atom is 0.305 e. The second kappa shape index (κ2) is 16.9. The Balaban J connectivity index is 2.90. The summed E-state index contributed by atoms with van der Waals surface area (Å²) < 4.78 is 0. The van der Waals surface area contributed by atoms with E-state index in [1.165, 1.54) is 6.92 Å². The third-order valence-corrected chi connectivity index (χ3v) is 5.69. The van der Waals surface area contributed by atoms with Gasteiger partial charge in [0.2, 0.25) is 29.9 Å². The van der Waals surface area contributed by atoms with E-state index in [0.717, 1.165) is 5.56 Å². The molecule has 1 rings (SSSR count). The first-order valence-electron chi connectivity index (χ1n) is 12.7. The Labute approximate surface area is 232 Å². The number of carboxylic acid groups (broad SMARTS) is 1. The number of amides is 4. The Morgan fingerprint density at radius 2 is 1.45 bits per heavy atom. The molecule has 0 saturated heterocycles. The van der Waals surface area contributed by atoms with E-state index < -0.39 is 78.9 Å². The monoisotopic (exact) mass is 564 g/mol. The highest BCUT2D eigenvalue weighted by atomic mass is 16.4. The lowest BCUT2D eigenvalue weighted by atomic mass is 10.0. The van der Waals surface area contributed by atoms with Gasteiger partial charge in [-0.2, -0.15) is 0 Å². The summed E-state index contributed by atoms with van der Waals surface area (Å²) in [4.78, 5) is 73.2. The van der Waals surface area contributed by atoms with Crippen molar-refractivity contribution in [3.63, 3.8) is 0 Å². The van der Waals surface area contributed by atoms with Crippen molar-refractivity contribution in [2.24, 2.45) is 11.7 Å². The Bertz CT molecular complexity index is 1020. The summed E-state index contributed by atoms with van der Waals surface area (Å²) in [5, 5.41) is 37.9. The first-order valence-corrected chi connectivity index (χ1v) is 12.7. The number of aliphatic hydroxyl groups excluding tert-OH is 2.